The van der Waals surface area contributed by atoms with Gasteiger partial charge in [-0.2, -0.15) is 5.26 Å². The Labute approximate surface area is 191 Å². The van der Waals surface area contributed by atoms with E-state index < -0.39 is 6.04 Å². The molecule has 1 saturated heterocycles. The number of rotatable bonds is 7. The molecule has 9 heteroatoms. The van der Waals surface area contributed by atoms with Gasteiger partial charge in [0, 0.05) is 30.7 Å². The van der Waals surface area contributed by atoms with Crippen LogP contribution in [0.4, 0.5) is 5.69 Å². The van der Waals surface area contributed by atoms with Crippen LogP contribution in [0.5, 0.6) is 0 Å². The molecule has 2 atom stereocenters. The van der Waals surface area contributed by atoms with Crippen molar-refractivity contribution in [2.24, 2.45) is 5.92 Å². The number of nitrogens with one attached hydrogen (secondary N) is 1. The normalized spacial score (nSPS) is 17.5. The van der Waals surface area contributed by atoms with Crippen molar-refractivity contribution in [1.82, 2.24) is 14.2 Å². The number of amides is 1. The second-order valence-corrected chi connectivity index (χ2v) is 9.32. The minimum absolute atomic E-state index is 0.0763. The monoisotopic (exact) mass is 465 g/mol. The Morgan fingerprint density at radius 2 is 2.17 bits per heavy atom. The van der Waals surface area contributed by atoms with Crippen LogP contribution >= 0.6 is 35.1 Å². The number of nitrogen functional groups attached to an aromatic ring is 1. The fourth-order valence-electron chi connectivity index (χ4n) is 3.58. The fraction of sp³-hybridized carbons (Fsp3) is 0.429. The first-order valence-electron chi connectivity index (χ1n) is 9.90. The lowest BCUT2D eigenvalue weighted by Crippen LogP contribution is -2.48. The summed E-state index contributed by atoms with van der Waals surface area (Å²) in [5.41, 5.74) is 6.73. The molecular formula is C21H25Cl2N5OS. The minimum Gasteiger partial charge on any atom is -0.396 e. The average Bonchev–Trinajstić information content (AvgIpc) is 3.19. The first kappa shape index (κ1) is 22.8. The summed E-state index contributed by atoms with van der Waals surface area (Å²) in [6.07, 6.45) is 4.58. The number of nitrogens with two attached hydrogens (primary N) is 1. The minimum atomic E-state index is -0.413. The van der Waals surface area contributed by atoms with Gasteiger partial charge < -0.3 is 15.2 Å². The molecule has 1 aromatic carbocycles. The molecule has 30 heavy (non-hydrogen) atoms. The zero-order valence-corrected chi connectivity index (χ0v) is 19.1. The molecule has 2 aromatic rings. The molecule has 0 aliphatic carbocycles. The third-order valence-corrected chi connectivity index (χ3v) is 6.74. The quantitative estimate of drug-likeness (QED) is 0.461. The lowest BCUT2D eigenvalue weighted by atomic mass is 9.99. The highest BCUT2D eigenvalue weighted by Crippen LogP contribution is 2.32. The summed E-state index contributed by atoms with van der Waals surface area (Å²) in [4.78, 5) is 16.0. The predicted octanol–water partition coefficient (Wildman–Crippen LogP) is 4.56. The maximum atomic E-state index is 13.3. The highest BCUT2D eigenvalue weighted by Gasteiger charge is 2.28. The van der Waals surface area contributed by atoms with E-state index in [1.165, 1.54) is 11.9 Å². The van der Waals surface area contributed by atoms with Gasteiger partial charge in [0.25, 0.3) is 0 Å². The molecule has 1 amide bonds. The highest BCUT2D eigenvalue weighted by molar-refractivity contribution is 7.97. The summed E-state index contributed by atoms with van der Waals surface area (Å²) in [7, 11) is 0. The van der Waals surface area contributed by atoms with Crippen LogP contribution in [0.15, 0.2) is 35.4 Å². The zero-order chi connectivity index (χ0) is 21.7. The van der Waals surface area contributed by atoms with Gasteiger partial charge in [-0.05, 0) is 61.4 Å². The second kappa shape index (κ2) is 10.5. The van der Waals surface area contributed by atoms with Crippen molar-refractivity contribution >= 4 is 46.7 Å². The summed E-state index contributed by atoms with van der Waals surface area (Å²) in [5, 5.41) is 10.0. The molecule has 3 rings (SSSR count). The first-order chi connectivity index (χ1) is 14.4. The van der Waals surface area contributed by atoms with Gasteiger partial charge in [-0.15, -0.1) is 0 Å². The third-order valence-electron chi connectivity index (χ3n) is 5.24. The number of nitriles is 1. The summed E-state index contributed by atoms with van der Waals surface area (Å²) in [6.45, 7) is 4.28. The van der Waals surface area contributed by atoms with Crippen LogP contribution in [-0.4, -0.2) is 34.5 Å². The van der Waals surface area contributed by atoms with E-state index in [1.807, 2.05) is 21.7 Å². The van der Waals surface area contributed by atoms with Gasteiger partial charge in [-0.3, -0.25) is 4.79 Å². The topological polar surface area (TPSA) is 87.1 Å². The van der Waals surface area contributed by atoms with E-state index in [2.05, 4.69) is 17.7 Å². The van der Waals surface area contributed by atoms with Crippen LogP contribution in [-0.2, 0) is 11.3 Å². The molecule has 0 saturated carbocycles. The molecule has 6 nitrogen and oxygen atoms in total. The van der Waals surface area contributed by atoms with Crippen molar-refractivity contribution in [2.45, 2.75) is 43.7 Å². The Bertz CT molecular complexity index is 919. The van der Waals surface area contributed by atoms with Crippen molar-refractivity contribution in [2.75, 3.05) is 18.8 Å². The summed E-state index contributed by atoms with van der Waals surface area (Å²) in [5.74, 6) is 0.577. The highest BCUT2D eigenvalue weighted by atomic mass is 35.5. The molecule has 1 aromatic heterocycles. The maximum absolute atomic E-state index is 13.3. The third kappa shape index (κ3) is 5.64. The van der Waals surface area contributed by atoms with E-state index in [9.17, 15) is 10.1 Å². The van der Waals surface area contributed by atoms with E-state index in [0.717, 1.165) is 30.8 Å². The second-order valence-electron chi connectivity index (χ2n) is 7.59. The summed E-state index contributed by atoms with van der Waals surface area (Å²) >= 11 is 13.6. The van der Waals surface area contributed by atoms with Gasteiger partial charge in [0.2, 0.25) is 5.91 Å². The van der Waals surface area contributed by atoms with Crippen molar-refractivity contribution in [3.63, 3.8) is 0 Å². The standard InChI is InChI=1S/C21H25Cl2N5OS/c1-14-4-2-8-28(13-14)21(29)19(6-9-27-7-3-5-15(27)12-24)26-30-16-10-17(22)20(25)18(23)11-16/h3,5,7,10-11,14,19,26H,2,4,6,8-9,13,25H2,1H3. The number of benzene rings is 1. The number of hydrogen-bond acceptors (Lipinski definition) is 5. The Kier molecular flexibility index (Phi) is 7.95. The molecule has 160 valence electrons. The van der Waals surface area contributed by atoms with Gasteiger partial charge in [-0.25, -0.2) is 4.72 Å². The van der Waals surface area contributed by atoms with Gasteiger partial charge in [0.05, 0.1) is 21.8 Å². The molecule has 2 unspecified atom stereocenters. The Morgan fingerprint density at radius 3 is 2.83 bits per heavy atom. The average molecular weight is 466 g/mol. The number of nitrogens with zero attached hydrogens (tertiary/aromatic N) is 3. The van der Waals surface area contributed by atoms with Crippen LogP contribution in [0, 0.1) is 17.2 Å². The number of carbonyl (C=O) groups excluding carboxylic acids is 1. The number of aromatic nitrogens is 1. The number of anilines is 1. The van der Waals surface area contributed by atoms with Gasteiger partial charge >= 0.3 is 0 Å². The number of hydrogen-bond donors (Lipinski definition) is 2. The van der Waals surface area contributed by atoms with Crippen LogP contribution in [0.3, 0.4) is 0 Å². The number of halogens is 2. The Morgan fingerprint density at radius 1 is 1.43 bits per heavy atom. The van der Waals surface area contributed by atoms with Crippen LogP contribution in [0.1, 0.15) is 31.9 Å². The number of likely N-dealkylation sites (tertiary alicyclic amines) is 1. The maximum Gasteiger partial charge on any atom is 0.240 e. The van der Waals surface area contributed by atoms with Gasteiger partial charge in [-0.1, -0.05) is 30.1 Å². The molecule has 3 N–H and O–H groups in total. The molecular weight excluding hydrogens is 441 g/mol. The van der Waals surface area contributed by atoms with E-state index in [0.29, 0.717) is 40.3 Å². The molecule has 2 heterocycles. The van der Waals surface area contributed by atoms with Gasteiger partial charge in [0.1, 0.15) is 11.8 Å². The SMILES string of the molecule is CC1CCCN(C(=O)C(CCn2cccc2C#N)NSc2cc(Cl)c(N)c(Cl)c2)C1. The zero-order valence-electron chi connectivity index (χ0n) is 16.8. The van der Waals surface area contributed by atoms with Crippen molar-refractivity contribution in [1.29, 1.82) is 5.26 Å². The number of aryl methyl sites for hydroxylation is 1. The predicted molar refractivity (Wildman–Crippen MR) is 122 cm³/mol. The first-order valence-corrected chi connectivity index (χ1v) is 11.5. The van der Waals surface area contributed by atoms with E-state index in [4.69, 9.17) is 28.9 Å². The van der Waals surface area contributed by atoms with Crippen LogP contribution in [0.2, 0.25) is 10.0 Å². The molecule has 0 bridgehead atoms. The van der Waals surface area contributed by atoms with Gasteiger partial charge in [0.15, 0.2) is 0 Å². The lowest BCUT2D eigenvalue weighted by Gasteiger charge is -2.33. The van der Waals surface area contributed by atoms with E-state index in [-0.39, 0.29) is 5.91 Å². The van der Waals surface area contributed by atoms with Crippen molar-refractivity contribution < 1.29 is 4.79 Å². The fourth-order valence-corrected chi connectivity index (χ4v) is 5.05. The van der Waals surface area contributed by atoms with Crippen LogP contribution < -0.4 is 10.5 Å². The number of carbonyl (C=O) groups is 1. The molecule has 1 aliphatic heterocycles. The van der Waals surface area contributed by atoms with E-state index >= 15 is 0 Å². The Balaban J connectivity index is 1.72. The molecule has 1 aliphatic rings. The summed E-state index contributed by atoms with van der Waals surface area (Å²) in [6, 6.07) is 8.82. The smallest absolute Gasteiger partial charge is 0.240 e. The van der Waals surface area contributed by atoms with E-state index in [1.54, 1.807) is 18.2 Å². The van der Waals surface area contributed by atoms with Crippen molar-refractivity contribution in [3.05, 3.63) is 46.2 Å². The largest absolute Gasteiger partial charge is 0.396 e. The molecule has 1 fully saturated rings. The molecule has 0 radical (unpaired) electrons. The Hall–Kier alpha value is -1.85. The van der Waals surface area contributed by atoms with Crippen LogP contribution in [0.25, 0.3) is 0 Å². The lowest BCUT2D eigenvalue weighted by molar-refractivity contribution is -0.134. The number of piperidine rings is 1. The summed E-state index contributed by atoms with van der Waals surface area (Å²) < 4.78 is 5.16. The van der Waals surface area contributed by atoms with Crippen molar-refractivity contribution in [3.8, 4) is 6.07 Å². The molecule has 0 spiro atoms.